The molecule has 0 heterocycles. The molecule has 0 saturated heterocycles. The molecule has 1 atom stereocenters. The summed E-state index contributed by atoms with van der Waals surface area (Å²) in [6.07, 6.45) is 5.02. The van der Waals surface area contributed by atoms with Gasteiger partial charge in [-0.3, -0.25) is 4.90 Å². The molecule has 0 aromatic heterocycles. The van der Waals surface area contributed by atoms with Crippen molar-refractivity contribution >= 4 is 0 Å². The lowest BCUT2D eigenvalue weighted by atomic mass is 9.85. The molecule has 3 heteroatoms. The molecule has 2 N–H and O–H groups in total. The van der Waals surface area contributed by atoms with Crippen LogP contribution in [0.5, 0.6) is 0 Å². The summed E-state index contributed by atoms with van der Waals surface area (Å²) < 4.78 is 13.5. The Morgan fingerprint density at radius 1 is 1.30 bits per heavy atom. The van der Waals surface area contributed by atoms with Crippen LogP contribution in [-0.2, 0) is 0 Å². The van der Waals surface area contributed by atoms with Crippen LogP contribution in [0.25, 0.3) is 0 Å². The van der Waals surface area contributed by atoms with Crippen molar-refractivity contribution in [2.75, 3.05) is 13.6 Å². The van der Waals surface area contributed by atoms with Gasteiger partial charge >= 0.3 is 0 Å². The average molecular weight is 278 g/mol. The molecule has 2 nitrogen and oxygen atoms in total. The Bertz CT molecular complexity index is 439. The van der Waals surface area contributed by atoms with Gasteiger partial charge in [0.05, 0.1) is 0 Å². The minimum Gasteiger partial charge on any atom is -0.329 e. The molecule has 1 saturated carbocycles. The number of rotatable bonds is 4. The maximum Gasteiger partial charge on any atom is 0.123 e. The topological polar surface area (TPSA) is 29.3 Å². The van der Waals surface area contributed by atoms with Gasteiger partial charge in [0.2, 0.25) is 0 Å². The summed E-state index contributed by atoms with van der Waals surface area (Å²) in [6, 6.07) is 5.71. The van der Waals surface area contributed by atoms with Crippen molar-refractivity contribution in [3.8, 4) is 0 Å². The van der Waals surface area contributed by atoms with Gasteiger partial charge in [0.1, 0.15) is 5.82 Å². The third-order valence-electron chi connectivity index (χ3n) is 4.88. The Balaban J connectivity index is 2.16. The van der Waals surface area contributed by atoms with Gasteiger partial charge in [-0.2, -0.15) is 0 Å². The Labute approximate surface area is 122 Å². The molecule has 0 aliphatic heterocycles. The van der Waals surface area contributed by atoms with Crippen LogP contribution in [0.1, 0.15) is 49.8 Å². The van der Waals surface area contributed by atoms with Gasteiger partial charge in [0.25, 0.3) is 0 Å². The van der Waals surface area contributed by atoms with Crippen molar-refractivity contribution in [1.29, 1.82) is 0 Å². The summed E-state index contributed by atoms with van der Waals surface area (Å²) in [5.74, 6) is 0.668. The van der Waals surface area contributed by atoms with Crippen molar-refractivity contribution in [3.05, 3.63) is 35.1 Å². The number of nitrogens with zero attached hydrogens (tertiary/aromatic N) is 1. The smallest absolute Gasteiger partial charge is 0.123 e. The van der Waals surface area contributed by atoms with Crippen LogP contribution in [0.4, 0.5) is 4.39 Å². The van der Waals surface area contributed by atoms with Crippen LogP contribution >= 0.6 is 0 Å². The predicted molar refractivity (Wildman–Crippen MR) is 82.1 cm³/mol. The first-order valence-corrected chi connectivity index (χ1v) is 7.71. The fourth-order valence-electron chi connectivity index (χ4n) is 3.39. The molecule has 0 bridgehead atoms. The summed E-state index contributed by atoms with van der Waals surface area (Å²) in [5, 5.41) is 0. The van der Waals surface area contributed by atoms with E-state index in [2.05, 4.69) is 18.9 Å². The highest BCUT2D eigenvalue weighted by Crippen LogP contribution is 2.32. The average Bonchev–Trinajstić information content (AvgIpc) is 2.44. The lowest BCUT2D eigenvalue weighted by Gasteiger charge is -2.39. The summed E-state index contributed by atoms with van der Waals surface area (Å²) in [6.45, 7) is 4.90. The highest BCUT2D eigenvalue weighted by Gasteiger charge is 2.27. The standard InChI is InChI=1S/C17H27FN2/c1-12-4-8-15(9-5-12)20(3)17(11-19)16-10-14(18)7-6-13(16)2/h6-7,10,12,15,17H,4-5,8-9,11,19H2,1-3H3. The van der Waals surface area contributed by atoms with E-state index in [-0.39, 0.29) is 11.9 Å². The lowest BCUT2D eigenvalue weighted by Crippen LogP contribution is -2.40. The SMILES string of the molecule is Cc1ccc(F)cc1C(CN)N(C)C1CCC(C)CC1. The van der Waals surface area contributed by atoms with Gasteiger partial charge in [0, 0.05) is 18.6 Å². The molecule has 1 aliphatic rings. The maximum absolute atomic E-state index is 13.5. The summed E-state index contributed by atoms with van der Waals surface area (Å²) >= 11 is 0. The van der Waals surface area contributed by atoms with E-state index < -0.39 is 0 Å². The van der Waals surface area contributed by atoms with Gasteiger partial charge in [-0.05, 0) is 68.8 Å². The summed E-state index contributed by atoms with van der Waals surface area (Å²) in [5.41, 5.74) is 8.15. The molecule has 1 aromatic rings. The van der Waals surface area contributed by atoms with Crippen LogP contribution in [0.3, 0.4) is 0 Å². The van der Waals surface area contributed by atoms with Crippen molar-refractivity contribution < 1.29 is 4.39 Å². The fraction of sp³-hybridized carbons (Fsp3) is 0.647. The van der Waals surface area contributed by atoms with Crippen molar-refractivity contribution in [2.24, 2.45) is 11.7 Å². The second kappa shape index (κ2) is 6.68. The van der Waals surface area contributed by atoms with Gasteiger partial charge in [-0.15, -0.1) is 0 Å². The molecule has 0 radical (unpaired) electrons. The largest absolute Gasteiger partial charge is 0.329 e. The number of hydrogen-bond donors (Lipinski definition) is 1. The van der Waals surface area contributed by atoms with Crippen molar-refractivity contribution in [3.63, 3.8) is 0 Å². The van der Waals surface area contributed by atoms with E-state index in [1.165, 1.54) is 31.7 Å². The zero-order valence-corrected chi connectivity index (χ0v) is 12.9. The Kier molecular flexibility index (Phi) is 5.17. The first-order chi connectivity index (χ1) is 9.52. The van der Waals surface area contributed by atoms with Crippen molar-refractivity contribution in [1.82, 2.24) is 4.90 Å². The highest BCUT2D eigenvalue weighted by atomic mass is 19.1. The van der Waals surface area contributed by atoms with Crippen LogP contribution in [0.2, 0.25) is 0 Å². The second-order valence-electron chi connectivity index (χ2n) is 6.33. The second-order valence-corrected chi connectivity index (χ2v) is 6.33. The number of hydrogen-bond acceptors (Lipinski definition) is 2. The third kappa shape index (κ3) is 3.39. The van der Waals surface area contributed by atoms with Crippen LogP contribution in [-0.4, -0.2) is 24.5 Å². The quantitative estimate of drug-likeness (QED) is 0.911. The van der Waals surface area contributed by atoms with E-state index in [9.17, 15) is 4.39 Å². The molecular formula is C17H27FN2. The predicted octanol–water partition coefficient (Wildman–Crippen LogP) is 3.64. The van der Waals surface area contributed by atoms with Crippen LogP contribution in [0, 0.1) is 18.7 Å². The molecule has 0 amide bonds. The van der Waals surface area contributed by atoms with E-state index in [1.54, 1.807) is 6.07 Å². The minimum absolute atomic E-state index is 0.115. The van der Waals surface area contributed by atoms with Gasteiger partial charge < -0.3 is 5.73 Å². The first kappa shape index (κ1) is 15.5. The number of likely N-dealkylation sites (N-methyl/N-ethyl adjacent to an activating group) is 1. The van der Waals surface area contributed by atoms with Crippen molar-refractivity contribution in [2.45, 2.75) is 51.6 Å². The molecule has 1 aliphatic carbocycles. The molecule has 2 rings (SSSR count). The van der Waals surface area contributed by atoms with Crippen LogP contribution < -0.4 is 5.73 Å². The highest BCUT2D eigenvalue weighted by molar-refractivity contribution is 5.30. The number of aryl methyl sites for hydroxylation is 1. The molecule has 1 fully saturated rings. The summed E-state index contributed by atoms with van der Waals surface area (Å²) in [4.78, 5) is 2.37. The first-order valence-electron chi connectivity index (χ1n) is 7.71. The third-order valence-corrected chi connectivity index (χ3v) is 4.88. The molecule has 1 aromatic carbocycles. The van der Waals surface area contributed by atoms with Gasteiger partial charge in [-0.25, -0.2) is 4.39 Å². The molecule has 20 heavy (non-hydrogen) atoms. The molecule has 1 unspecified atom stereocenters. The van der Waals surface area contributed by atoms with E-state index in [0.29, 0.717) is 12.6 Å². The normalized spacial score (nSPS) is 24.9. The minimum atomic E-state index is -0.172. The van der Waals surface area contributed by atoms with Gasteiger partial charge in [0.15, 0.2) is 0 Å². The Morgan fingerprint density at radius 3 is 2.55 bits per heavy atom. The number of halogens is 1. The van der Waals surface area contributed by atoms with E-state index in [1.807, 2.05) is 13.0 Å². The van der Waals surface area contributed by atoms with Crippen LogP contribution in [0.15, 0.2) is 18.2 Å². The number of nitrogens with two attached hydrogens (primary N) is 1. The summed E-state index contributed by atoms with van der Waals surface area (Å²) in [7, 11) is 2.14. The van der Waals surface area contributed by atoms with E-state index >= 15 is 0 Å². The molecular weight excluding hydrogens is 251 g/mol. The lowest BCUT2D eigenvalue weighted by molar-refractivity contribution is 0.126. The Morgan fingerprint density at radius 2 is 1.95 bits per heavy atom. The fourth-order valence-corrected chi connectivity index (χ4v) is 3.39. The van der Waals surface area contributed by atoms with Gasteiger partial charge in [-0.1, -0.05) is 13.0 Å². The zero-order valence-electron chi connectivity index (χ0n) is 12.9. The Hall–Kier alpha value is -0.930. The molecule has 0 spiro atoms. The monoisotopic (exact) mass is 278 g/mol. The van der Waals surface area contributed by atoms with E-state index in [0.717, 1.165) is 17.0 Å². The van der Waals surface area contributed by atoms with E-state index in [4.69, 9.17) is 5.73 Å². The molecule has 112 valence electrons. The number of benzene rings is 1. The maximum atomic E-state index is 13.5. The zero-order chi connectivity index (χ0) is 14.7.